The van der Waals surface area contributed by atoms with Crippen molar-refractivity contribution in [3.8, 4) is 0 Å². The maximum atomic E-state index is 12.7. The molecular formula is C19H24N2O2. The second-order valence-corrected chi connectivity index (χ2v) is 6.39. The van der Waals surface area contributed by atoms with E-state index in [-0.39, 0.29) is 23.7 Å². The van der Waals surface area contributed by atoms with Crippen LogP contribution in [-0.2, 0) is 16.1 Å². The predicted octanol–water partition coefficient (Wildman–Crippen LogP) is 2.51. The van der Waals surface area contributed by atoms with Crippen LogP contribution in [0.3, 0.4) is 0 Å². The third-order valence-electron chi connectivity index (χ3n) is 4.81. The molecule has 23 heavy (non-hydrogen) atoms. The Balaban J connectivity index is 1.62. The Kier molecular flexibility index (Phi) is 5.11. The highest BCUT2D eigenvalue weighted by Gasteiger charge is 2.36. The highest BCUT2D eigenvalue weighted by molar-refractivity contribution is 5.88. The monoisotopic (exact) mass is 312 g/mol. The number of carbonyl (C=O) groups is 2. The lowest BCUT2D eigenvalue weighted by atomic mass is 9.81. The molecule has 0 radical (unpaired) electrons. The quantitative estimate of drug-likeness (QED) is 0.869. The average molecular weight is 312 g/mol. The molecule has 2 unspecified atom stereocenters. The minimum atomic E-state index is -0.239. The van der Waals surface area contributed by atoms with Crippen molar-refractivity contribution < 1.29 is 9.59 Å². The van der Waals surface area contributed by atoms with Crippen LogP contribution in [0, 0.1) is 11.8 Å². The summed E-state index contributed by atoms with van der Waals surface area (Å²) in [6, 6.07) is 9.87. The molecule has 2 aliphatic rings. The van der Waals surface area contributed by atoms with Crippen LogP contribution in [0.5, 0.6) is 0 Å². The topological polar surface area (TPSA) is 49.4 Å². The highest BCUT2D eigenvalue weighted by Crippen LogP contribution is 2.29. The van der Waals surface area contributed by atoms with Crippen molar-refractivity contribution in [2.24, 2.45) is 11.8 Å². The first-order chi connectivity index (χ1) is 11.3. The summed E-state index contributed by atoms with van der Waals surface area (Å²) in [5.74, 6) is -0.284. The molecule has 0 spiro atoms. The minimum Gasteiger partial charge on any atom is -0.352 e. The molecule has 1 aromatic rings. The first-order valence-electron chi connectivity index (χ1n) is 8.51. The second kappa shape index (κ2) is 7.44. The largest absolute Gasteiger partial charge is 0.352 e. The molecular weight excluding hydrogens is 288 g/mol. The van der Waals surface area contributed by atoms with Gasteiger partial charge in [-0.05, 0) is 31.2 Å². The van der Waals surface area contributed by atoms with Gasteiger partial charge in [-0.3, -0.25) is 9.59 Å². The number of hydrogen-bond donors (Lipinski definition) is 1. The van der Waals surface area contributed by atoms with Crippen molar-refractivity contribution in [2.45, 2.75) is 32.2 Å². The Morgan fingerprint density at radius 3 is 2.35 bits per heavy atom. The van der Waals surface area contributed by atoms with Crippen LogP contribution in [0.4, 0.5) is 0 Å². The van der Waals surface area contributed by atoms with E-state index in [1.54, 1.807) is 0 Å². The van der Waals surface area contributed by atoms with Gasteiger partial charge >= 0.3 is 0 Å². The molecule has 1 N–H and O–H groups in total. The number of likely N-dealkylation sites (tertiary alicyclic amines) is 1. The summed E-state index contributed by atoms with van der Waals surface area (Å²) in [4.78, 5) is 27.2. The normalized spacial score (nSPS) is 23.7. The fourth-order valence-corrected chi connectivity index (χ4v) is 3.47. The first kappa shape index (κ1) is 15.8. The molecule has 1 saturated heterocycles. The molecule has 1 fully saturated rings. The minimum absolute atomic E-state index is 0.00394. The van der Waals surface area contributed by atoms with Crippen molar-refractivity contribution in [3.63, 3.8) is 0 Å². The van der Waals surface area contributed by atoms with Gasteiger partial charge in [0.1, 0.15) is 0 Å². The van der Waals surface area contributed by atoms with E-state index >= 15 is 0 Å². The second-order valence-electron chi connectivity index (χ2n) is 6.39. The standard InChI is InChI=1S/C19H24N2O2/c22-18(20-14-15-8-2-1-3-9-15)16-10-4-5-11-17(16)19(23)21-12-6-7-13-21/h1-5,8-9,16-17H,6-7,10-14H2,(H,20,22). The van der Waals surface area contributed by atoms with Crippen molar-refractivity contribution in [2.75, 3.05) is 13.1 Å². The van der Waals surface area contributed by atoms with Crippen LogP contribution >= 0.6 is 0 Å². The van der Waals surface area contributed by atoms with Gasteiger partial charge in [0.2, 0.25) is 11.8 Å². The van der Waals surface area contributed by atoms with E-state index in [1.165, 1.54) is 0 Å². The van der Waals surface area contributed by atoms with Crippen molar-refractivity contribution in [1.82, 2.24) is 10.2 Å². The van der Waals surface area contributed by atoms with E-state index in [9.17, 15) is 9.59 Å². The third kappa shape index (κ3) is 3.81. The lowest BCUT2D eigenvalue weighted by Crippen LogP contribution is -2.43. The summed E-state index contributed by atoms with van der Waals surface area (Å²) in [7, 11) is 0. The summed E-state index contributed by atoms with van der Waals surface area (Å²) in [5.41, 5.74) is 1.08. The third-order valence-corrected chi connectivity index (χ3v) is 4.81. The Labute approximate surface area is 137 Å². The van der Waals surface area contributed by atoms with Gasteiger partial charge in [0, 0.05) is 19.6 Å². The van der Waals surface area contributed by atoms with Crippen LogP contribution in [0.15, 0.2) is 42.5 Å². The zero-order valence-electron chi connectivity index (χ0n) is 13.4. The Morgan fingerprint density at radius 2 is 1.65 bits per heavy atom. The van der Waals surface area contributed by atoms with E-state index in [1.807, 2.05) is 47.4 Å². The van der Waals surface area contributed by atoms with Gasteiger partial charge < -0.3 is 10.2 Å². The molecule has 3 rings (SSSR count). The van der Waals surface area contributed by atoms with Crippen molar-refractivity contribution in [1.29, 1.82) is 0 Å². The van der Waals surface area contributed by atoms with Crippen molar-refractivity contribution >= 4 is 11.8 Å². The van der Waals surface area contributed by atoms with E-state index in [2.05, 4.69) is 5.32 Å². The molecule has 0 bridgehead atoms. The molecule has 4 heteroatoms. The Hall–Kier alpha value is -2.10. The predicted molar refractivity (Wildman–Crippen MR) is 89.5 cm³/mol. The molecule has 1 heterocycles. The first-order valence-corrected chi connectivity index (χ1v) is 8.51. The lowest BCUT2D eigenvalue weighted by Gasteiger charge is -2.30. The fourth-order valence-electron chi connectivity index (χ4n) is 3.47. The maximum Gasteiger partial charge on any atom is 0.226 e. The number of nitrogens with one attached hydrogen (secondary N) is 1. The molecule has 1 aliphatic carbocycles. The van der Waals surface area contributed by atoms with Crippen molar-refractivity contribution in [3.05, 3.63) is 48.0 Å². The molecule has 122 valence electrons. The van der Waals surface area contributed by atoms with Crippen LogP contribution < -0.4 is 5.32 Å². The number of amides is 2. The SMILES string of the molecule is O=C(NCc1ccccc1)C1CC=CCC1C(=O)N1CCCC1. The molecule has 1 aliphatic heterocycles. The summed E-state index contributed by atoms with van der Waals surface area (Å²) < 4.78 is 0. The van der Waals surface area contributed by atoms with Crippen LogP contribution in [-0.4, -0.2) is 29.8 Å². The number of nitrogens with zero attached hydrogens (tertiary/aromatic N) is 1. The molecule has 2 amide bonds. The zero-order valence-corrected chi connectivity index (χ0v) is 13.4. The highest BCUT2D eigenvalue weighted by atomic mass is 16.2. The Bertz CT molecular complexity index is 576. The van der Waals surface area contributed by atoms with Crippen LogP contribution in [0.1, 0.15) is 31.2 Å². The van der Waals surface area contributed by atoms with E-state index in [0.29, 0.717) is 19.4 Å². The van der Waals surface area contributed by atoms with E-state index in [4.69, 9.17) is 0 Å². The van der Waals surface area contributed by atoms with Gasteiger partial charge in [0.25, 0.3) is 0 Å². The summed E-state index contributed by atoms with van der Waals surface area (Å²) in [6.45, 7) is 2.21. The smallest absolute Gasteiger partial charge is 0.226 e. The molecule has 2 atom stereocenters. The van der Waals surface area contributed by atoms with Gasteiger partial charge in [0.15, 0.2) is 0 Å². The van der Waals surface area contributed by atoms with Crippen LogP contribution in [0.2, 0.25) is 0 Å². The van der Waals surface area contributed by atoms with Gasteiger partial charge in [-0.15, -0.1) is 0 Å². The summed E-state index contributed by atoms with van der Waals surface area (Å²) in [6.07, 6.45) is 7.57. The van der Waals surface area contributed by atoms with E-state index < -0.39 is 0 Å². The average Bonchev–Trinajstić information content (AvgIpc) is 3.14. The Morgan fingerprint density at radius 1 is 1.00 bits per heavy atom. The summed E-state index contributed by atoms with van der Waals surface area (Å²) in [5, 5.41) is 3.00. The number of allylic oxidation sites excluding steroid dienone is 2. The molecule has 1 aromatic carbocycles. The van der Waals surface area contributed by atoms with E-state index in [0.717, 1.165) is 31.5 Å². The summed E-state index contributed by atoms with van der Waals surface area (Å²) >= 11 is 0. The van der Waals surface area contributed by atoms with Gasteiger partial charge in [0.05, 0.1) is 11.8 Å². The zero-order chi connectivity index (χ0) is 16.1. The molecule has 0 saturated carbocycles. The fraction of sp³-hybridized carbons (Fsp3) is 0.474. The number of carbonyl (C=O) groups excluding carboxylic acids is 2. The van der Waals surface area contributed by atoms with Gasteiger partial charge in [-0.25, -0.2) is 0 Å². The lowest BCUT2D eigenvalue weighted by molar-refractivity contribution is -0.141. The molecule has 0 aromatic heterocycles. The van der Waals surface area contributed by atoms with Gasteiger partial charge in [-0.2, -0.15) is 0 Å². The molecule has 4 nitrogen and oxygen atoms in total. The van der Waals surface area contributed by atoms with Crippen LogP contribution in [0.25, 0.3) is 0 Å². The number of benzene rings is 1. The van der Waals surface area contributed by atoms with Gasteiger partial charge in [-0.1, -0.05) is 42.5 Å². The number of hydrogen-bond acceptors (Lipinski definition) is 2. The number of rotatable bonds is 4. The maximum absolute atomic E-state index is 12.7.